The number of halogens is 3. The number of unbranched alkanes of at least 4 members (excludes halogenated alkanes) is 2. The van der Waals surface area contributed by atoms with Crippen LogP contribution in [0.15, 0.2) is 35.1 Å². The molecule has 3 aromatic rings. The smallest absolute Gasteiger partial charge is 0.425 e. The van der Waals surface area contributed by atoms with Crippen LogP contribution in [0.3, 0.4) is 0 Å². The number of imidazole rings is 1. The molecule has 0 radical (unpaired) electrons. The molecule has 4 rings (SSSR count). The van der Waals surface area contributed by atoms with E-state index in [1.807, 2.05) is 6.07 Å². The van der Waals surface area contributed by atoms with Crippen molar-refractivity contribution in [2.45, 2.75) is 51.6 Å². The first-order chi connectivity index (χ1) is 17.2. The van der Waals surface area contributed by atoms with Gasteiger partial charge in [-0.1, -0.05) is 36.8 Å². The summed E-state index contributed by atoms with van der Waals surface area (Å²) >= 11 is 0. The number of anilines is 1. The zero-order valence-electron chi connectivity index (χ0n) is 20.3. The predicted octanol–water partition coefficient (Wildman–Crippen LogP) is 3.02. The van der Waals surface area contributed by atoms with Gasteiger partial charge in [0.15, 0.2) is 17.6 Å². The molecule has 0 spiro atoms. The van der Waals surface area contributed by atoms with Crippen LogP contribution in [0.2, 0.25) is 0 Å². The molecule has 0 saturated carbocycles. The maximum Gasteiger partial charge on any atom is 0.425 e. The largest absolute Gasteiger partial charge is 0.451 e. The Bertz CT molecular complexity index is 1190. The van der Waals surface area contributed by atoms with E-state index in [0.717, 1.165) is 65.5 Å². The van der Waals surface area contributed by atoms with E-state index in [9.17, 15) is 18.0 Å². The predicted molar refractivity (Wildman–Crippen MR) is 131 cm³/mol. The van der Waals surface area contributed by atoms with Gasteiger partial charge < -0.3 is 20.4 Å². The summed E-state index contributed by atoms with van der Waals surface area (Å²) in [6.07, 6.45) is -4.06. The van der Waals surface area contributed by atoms with Gasteiger partial charge >= 0.3 is 17.9 Å². The minimum absolute atomic E-state index is 0.133. The Morgan fingerprint density at radius 2 is 1.69 bits per heavy atom. The van der Waals surface area contributed by atoms with Crippen molar-refractivity contribution in [3.8, 4) is 6.01 Å². The number of aromatic amines is 1. The molecule has 36 heavy (non-hydrogen) atoms. The van der Waals surface area contributed by atoms with Crippen LogP contribution in [0, 0.1) is 0 Å². The van der Waals surface area contributed by atoms with Crippen molar-refractivity contribution < 1.29 is 17.9 Å². The fourth-order valence-electron chi connectivity index (χ4n) is 4.31. The van der Waals surface area contributed by atoms with Crippen molar-refractivity contribution in [2.75, 3.05) is 38.5 Å². The minimum Gasteiger partial charge on any atom is -0.451 e. The third kappa shape index (κ3) is 6.55. The van der Waals surface area contributed by atoms with Gasteiger partial charge in [-0.3, -0.25) is 9.47 Å². The van der Waals surface area contributed by atoms with Crippen LogP contribution >= 0.6 is 0 Å². The van der Waals surface area contributed by atoms with Crippen LogP contribution < -0.4 is 16.2 Å². The number of H-pyrrole nitrogens is 1. The van der Waals surface area contributed by atoms with E-state index in [0.29, 0.717) is 6.54 Å². The topological polar surface area (TPSA) is 105 Å². The Morgan fingerprint density at radius 3 is 2.39 bits per heavy atom. The molecule has 196 valence electrons. The van der Waals surface area contributed by atoms with Crippen molar-refractivity contribution in [3.63, 3.8) is 0 Å². The number of ether oxygens (including phenoxy) is 1. The van der Waals surface area contributed by atoms with Gasteiger partial charge in [0, 0.05) is 39.3 Å². The molecule has 9 nitrogen and oxygen atoms in total. The van der Waals surface area contributed by atoms with Crippen LogP contribution in [-0.2, 0) is 13.1 Å². The Morgan fingerprint density at radius 1 is 1.03 bits per heavy atom. The summed E-state index contributed by atoms with van der Waals surface area (Å²) in [6.45, 7) is 7.34. The van der Waals surface area contributed by atoms with E-state index in [1.165, 1.54) is 10.1 Å². The number of piperazine rings is 1. The summed E-state index contributed by atoms with van der Waals surface area (Å²) in [5.41, 5.74) is 7.07. The van der Waals surface area contributed by atoms with Gasteiger partial charge in [-0.05, 0) is 31.9 Å². The maximum absolute atomic E-state index is 12.8. The third-order valence-corrected chi connectivity index (χ3v) is 6.44. The number of aryl methyl sites for hydroxylation is 1. The lowest BCUT2D eigenvalue weighted by Crippen LogP contribution is -2.46. The van der Waals surface area contributed by atoms with E-state index in [1.54, 1.807) is 0 Å². The van der Waals surface area contributed by atoms with E-state index in [-0.39, 0.29) is 17.0 Å². The molecule has 2 aromatic heterocycles. The standard InChI is InChI=1S/C24H32F3N7O2/c1-17(24(25,26)27)36-22-30-20(28)19-21(31-22)34(23(35)29-19)11-7-3-6-10-32-12-14-33(15-13-32)16-18-8-4-2-5-9-18/h2,4-5,8-9,17H,3,6-7,10-16H2,1H3,(H,29,35)(H2,28,30,31). The van der Waals surface area contributed by atoms with E-state index in [4.69, 9.17) is 10.5 Å². The maximum atomic E-state index is 12.8. The fourth-order valence-corrected chi connectivity index (χ4v) is 4.31. The summed E-state index contributed by atoms with van der Waals surface area (Å²) < 4.78 is 44.7. The number of benzene rings is 1. The molecule has 1 saturated heterocycles. The molecule has 0 bridgehead atoms. The van der Waals surface area contributed by atoms with Crippen LogP contribution in [0.5, 0.6) is 6.01 Å². The third-order valence-electron chi connectivity index (χ3n) is 6.44. The zero-order valence-corrected chi connectivity index (χ0v) is 20.3. The molecular weight excluding hydrogens is 475 g/mol. The number of nitrogens with one attached hydrogen (secondary N) is 1. The highest BCUT2D eigenvalue weighted by atomic mass is 19.4. The van der Waals surface area contributed by atoms with Crippen LogP contribution in [0.25, 0.3) is 11.2 Å². The lowest BCUT2D eigenvalue weighted by Gasteiger charge is -2.34. The van der Waals surface area contributed by atoms with Gasteiger partial charge in [-0.15, -0.1) is 0 Å². The monoisotopic (exact) mass is 507 g/mol. The summed E-state index contributed by atoms with van der Waals surface area (Å²) in [5.74, 6) is -0.133. The Labute approximate surface area is 207 Å². The minimum atomic E-state index is -4.57. The quantitative estimate of drug-likeness (QED) is 0.407. The first-order valence-electron chi connectivity index (χ1n) is 12.2. The highest BCUT2D eigenvalue weighted by molar-refractivity contribution is 5.81. The lowest BCUT2D eigenvalue weighted by molar-refractivity contribution is -0.190. The number of alkyl halides is 3. The average Bonchev–Trinajstić information content (AvgIpc) is 3.15. The van der Waals surface area contributed by atoms with Crippen LogP contribution in [-0.4, -0.2) is 74.3 Å². The number of aromatic nitrogens is 4. The number of nitrogens with two attached hydrogens (primary N) is 1. The molecule has 12 heteroatoms. The molecule has 0 amide bonds. The second-order valence-electron chi connectivity index (χ2n) is 9.14. The summed E-state index contributed by atoms with van der Waals surface area (Å²) in [5, 5.41) is 0. The molecule has 1 aliphatic rings. The van der Waals surface area contributed by atoms with E-state index < -0.39 is 24.0 Å². The van der Waals surface area contributed by atoms with Gasteiger partial charge in [-0.25, -0.2) is 4.79 Å². The van der Waals surface area contributed by atoms with Gasteiger partial charge in [0.25, 0.3) is 0 Å². The lowest BCUT2D eigenvalue weighted by atomic mass is 10.2. The number of hydrogen-bond donors (Lipinski definition) is 2. The molecule has 3 heterocycles. The number of fused-ring (bicyclic) bond motifs is 1. The Kier molecular flexibility index (Phi) is 8.14. The second kappa shape index (κ2) is 11.3. The molecule has 1 aromatic carbocycles. The van der Waals surface area contributed by atoms with Crippen molar-refractivity contribution in [2.24, 2.45) is 0 Å². The first kappa shape index (κ1) is 26.0. The SMILES string of the molecule is CC(Oc1nc(N)c2[nH]c(=O)n(CCCCCN3CCN(Cc4ccccc4)CC3)c2n1)C(F)(F)F. The molecule has 0 aliphatic carbocycles. The molecule has 1 fully saturated rings. The molecular formula is C24H32F3N7O2. The Hall–Kier alpha value is -3.12. The van der Waals surface area contributed by atoms with Crippen LogP contribution in [0.4, 0.5) is 19.0 Å². The summed E-state index contributed by atoms with van der Waals surface area (Å²) in [7, 11) is 0. The fraction of sp³-hybridized carbons (Fsp3) is 0.542. The van der Waals surface area contributed by atoms with Crippen molar-refractivity contribution >= 4 is 17.0 Å². The molecule has 1 unspecified atom stereocenters. The van der Waals surface area contributed by atoms with Crippen molar-refractivity contribution in [1.82, 2.24) is 29.3 Å². The van der Waals surface area contributed by atoms with E-state index >= 15 is 0 Å². The van der Waals surface area contributed by atoms with Crippen molar-refractivity contribution in [3.05, 3.63) is 46.4 Å². The van der Waals surface area contributed by atoms with Crippen LogP contribution in [0.1, 0.15) is 31.7 Å². The second-order valence-corrected chi connectivity index (χ2v) is 9.14. The normalized spacial score (nSPS) is 16.4. The summed E-state index contributed by atoms with van der Waals surface area (Å²) in [6, 6.07) is 9.97. The number of nitrogen functional groups attached to an aromatic ring is 1. The highest BCUT2D eigenvalue weighted by Gasteiger charge is 2.38. The first-order valence-corrected chi connectivity index (χ1v) is 12.2. The molecule has 3 N–H and O–H groups in total. The molecule has 1 aliphatic heterocycles. The summed E-state index contributed by atoms with van der Waals surface area (Å²) in [4.78, 5) is 27.7. The van der Waals surface area contributed by atoms with Gasteiger partial charge in [0.1, 0.15) is 5.52 Å². The zero-order chi connectivity index (χ0) is 25.7. The number of nitrogens with zero attached hydrogens (tertiary/aromatic N) is 5. The Balaban J connectivity index is 1.24. The van der Waals surface area contributed by atoms with Gasteiger partial charge in [0.05, 0.1) is 0 Å². The number of rotatable bonds is 10. The highest BCUT2D eigenvalue weighted by Crippen LogP contribution is 2.25. The van der Waals surface area contributed by atoms with Crippen molar-refractivity contribution in [1.29, 1.82) is 0 Å². The van der Waals surface area contributed by atoms with Gasteiger partial charge in [0.2, 0.25) is 0 Å². The van der Waals surface area contributed by atoms with E-state index in [2.05, 4.69) is 49.0 Å². The number of hydrogen-bond acceptors (Lipinski definition) is 7. The van der Waals surface area contributed by atoms with Gasteiger partial charge in [-0.2, -0.15) is 23.1 Å². The molecule has 1 atom stereocenters. The average molecular weight is 508 g/mol.